The number of rotatable bonds is 5. The van der Waals surface area contributed by atoms with Crippen LogP contribution in [0.1, 0.15) is 0 Å². The third-order valence-corrected chi connectivity index (χ3v) is 1.07. The fourth-order valence-electron chi connectivity index (χ4n) is 0.408. The first kappa shape index (κ1) is 8.39. The Morgan fingerprint density at radius 3 is 2.33 bits per heavy atom. The van der Waals surface area contributed by atoms with Crippen LogP contribution in [0.15, 0.2) is 0 Å². The van der Waals surface area contributed by atoms with Crippen molar-refractivity contribution in [2.24, 2.45) is 17.4 Å². The first-order valence-electron chi connectivity index (χ1n) is 2.80. The molecule has 0 aliphatic rings. The van der Waals surface area contributed by atoms with Crippen LogP contribution in [0.4, 0.5) is 0 Å². The van der Waals surface area contributed by atoms with Gasteiger partial charge in [-0.3, -0.25) is 4.79 Å². The second kappa shape index (κ2) is 5.53. The lowest BCUT2D eigenvalue weighted by Crippen LogP contribution is -2.27. The summed E-state index contributed by atoms with van der Waals surface area (Å²) in [7, 11) is 0. The monoisotopic (exact) mass is 132 g/mol. The van der Waals surface area contributed by atoms with Gasteiger partial charge < -0.3 is 16.2 Å². The molecule has 0 atom stereocenters. The zero-order valence-corrected chi connectivity index (χ0v) is 5.25. The van der Waals surface area contributed by atoms with Gasteiger partial charge in [0.05, 0.1) is 6.61 Å². The van der Waals surface area contributed by atoms with Crippen LogP contribution in [0.2, 0.25) is 0 Å². The van der Waals surface area contributed by atoms with Gasteiger partial charge in [0, 0.05) is 5.92 Å². The molecule has 0 aromatic carbocycles. The molecule has 0 radical (unpaired) electrons. The van der Waals surface area contributed by atoms with Crippen LogP contribution in [-0.4, -0.2) is 26.2 Å². The molecule has 0 fully saturated rings. The van der Waals surface area contributed by atoms with Crippen molar-refractivity contribution in [1.82, 2.24) is 0 Å². The average Bonchev–Trinajstić information content (AvgIpc) is 1.91. The van der Waals surface area contributed by atoms with Crippen LogP contribution in [0.3, 0.4) is 0 Å². The second-order valence-corrected chi connectivity index (χ2v) is 1.77. The minimum Gasteiger partial charge on any atom is -0.468 e. The summed E-state index contributed by atoms with van der Waals surface area (Å²) in [6.45, 7) is 1.66. The van der Waals surface area contributed by atoms with Crippen LogP contribution < -0.4 is 11.5 Å². The van der Waals surface area contributed by atoms with Gasteiger partial charge in [0.25, 0.3) is 6.47 Å². The fraction of sp³-hybridized carbons (Fsp3) is 0.800. The molecule has 0 spiro atoms. The molecule has 4 heteroatoms. The van der Waals surface area contributed by atoms with Gasteiger partial charge in [0.1, 0.15) is 0 Å². The Labute approximate surface area is 54.2 Å². The van der Waals surface area contributed by atoms with Gasteiger partial charge in [-0.15, -0.1) is 0 Å². The zero-order chi connectivity index (χ0) is 7.11. The summed E-state index contributed by atoms with van der Waals surface area (Å²) in [6, 6.07) is 0. The third-order valence-electron chi connectivity index (χ3n) is 1.07. The van der Waals surface area contributed by atoms with Gasteiger partial charge in [-0.05, 0) is 13.1 Å². The van der Waals surface area contributed by atoms with Gasteiger partial charge in [-0.25, -0.2) is 0 Å². The van der Waals surface area contributed by atoms with Gasteiger partial charge in [0.2, 0.25) is 0 Å². The van der Waals surface area contributed by atoms with E-state index in [1.165, 1.54) is 0 Å². The lowest BCUT2D eigenvalue weighted by Gasteiger charge is -2.08. The quantitative estimate of drug-likeness (QED) is 0.455. The maximum atomic E-state index is 9.64. The molecule has 0 saturated carbocycles. The molecular weight excluding hydrogens is 120 g/mol. The van der Waals surface area contributed by atoms with Crippen molar-refractivity contribution in [3.05, 3.63) is 0 Å². The lowest BCUT2D eigenvalue weighted by atomic mass is 10.2. The summed E-state index contributed by atoms with van der Waals surface area (Å²) in [5.41, 5.74) is 10.5. The van der Waals surface area contributed by atoms with Gasteiger partial charge in [-0.2, -0.15) is 0 Å². The smallest absolute Gasteiger partial charge is 0.293 e. The normalized spacial score (nSPS) is 9.67. The van der Waals surface area contributed by atoms with E-state index in [9.17, 15) is 4.79 Å². The van der Waals surface area contributed by atoms with E-state index in [4.69, 9.17) is 11.5 Å². The molecule has 0 amide bonds. The van der Waals surface area contributed by atoms with E-state index in [1.807, 2.05) is 0 Å². The first-order chi connectivity index (χ1) is 4.35. The number of ether oxygens (including phenoxy) is 1. The Morgan fingerprint density at radius 2 is 2.00 bits per heavy atom. The Morgan fingerprint density at radius 1 is 1.44 bits per heavy atom. The third kappa shape index (κ3) is 3.93. The lowest BCUT2D eigenvalue weighted by molar-refractivity contribution is -0.129. The van der Waals surface area contributed by atoms with Crippen molar-refractivity contribution >= 4 is 6.47 Å². The van der Waals surface area contributed by atoms with Gasteiger partial charge in [0.15, 0.2) is 0 Å². The van der Waals surface area contributed by atoms with Crippen molar-refractivity contribution < 1.29 is 9.53 Å². The largest absolute Gasteiger partial charge is 0.468 e. The molecule has 9 heavy (non-hydrogen) atoms. The Bertz CT molecular complexity index is 73.4. The Hall–Kier alpha value is -0.610. The topological polar surface area (TPSA) is 78.3 Å². The van der Waals surface area contributed by atoms with Crippen molar-refractivity contribution in [2.75, 3.05) is 19.7 Å². The van der Waals surface area contributed by atoms with Crippen LogP contribution in [0.5, 0.6) is 0 Å². The molecule has 0 aliphatic carbocycles. The molecule has 0 heterocycles. The van der Waals surface area contributed by atoms with E-state index >= 15 is 0 Å². The van der Waals surface area contributed by atoms with Crippen molar-refractivity contribution in [3.8, 4) is 0 Å². The maximum Gasteiger partial charge on any atom is 0.293 e. The molecule has 0 unspecified atom stereocenters. The number of hydrogen-bond acceptors (Lipinski definition) is 4. The van der Waals surface area contributed by atoms with Crippen molar-refractivity contribution in [1.29, 1.82) is 0 Å². The molecule has 54 valence electrons. The fourth-order valence-corrected chi connectivity index (χ4v) is 0.408. The molecule has 0 aliphatic heterocycles. The number of nitrogens with two attached hydrogens (primary N) is 2. The van der Waals surface area contributed by atoms with E-state index in [2.05, 4.69) is 4.74 Å². The summed E-state index contributed by atoms with van der Waals surface area (Å²) in [5, 5.41) is 0. The highest BCUT2D eigenvalue weighted by Gasteiger charge is 2.02. The minimum atomic E-state index is 0.107. The van der Waals surface area contributed by atoms with Crippen molar-refractivity contribution in [2.45, 2.75) is 0 Å². The van der Waals surface area contributed by atoms with E-state index < -0.39 is 0 Å². The summed E-state index contributed by atoms with van der Waals surface area (Å²) in [6.07, 6.45) is 0. The average molecular weight is 132 g/mol. The Balaban J connectivity index is 3.19. The standard InChI is InChI=1S/C5H12N2O2/c6-1-5(2-7)3-9-4-8/h4-5H,1-3,6-7H2. The zero-order valence-electron chi connectivity index (χ0n) is 5.25. The highest BCUT2D eigenvalue weighted by molar-refractivity contribution is 5.36. The minimum absolute atomic E-state index is 0.107. The molecule has 0 aromatic heterocycles. The van der Waals surface area contributed by atoms with E-state index in [0.717, 1.165) is 0 Å². The number of carbonyl (C=O) groups is 1. The van der Waals surface area contributed by atoms with Gasteiger partial charge >= 0.3 is 0 Å². The highest BCUT2D eigenvalue weighted by atomic mass is 16.5. The van der Waals surface area contributed by atoms with E-state index in [0.29, 0.717) is 26.2 Å². The molecule has 0 saturated heterocycles. The molecule has 0 rings (SSSR count). The van der Waals surface area contributed by atoms with Crippen LogP contribution in [0, 0.1) is 5.92 Å². The number of carbonyl (C=O) groups excluding carboxylic acids is 1. The van der Waals surface area contributed by atoms with Crippen molar-refractivity contribution in [3.63, 3.8) is 0 Å². The molecule has 4 nitrogen and oxygen atoms in total. The Kier molecular flexibility index (Phi) is 5.15. The number of hydrogen-bond donors (Lipinski definition) is 2. The summed E-state index contributed by atoms with van der Waals surface area (Å²) >= 11 is 0. The first-order valence-corrected chi connectivity index (χ1v) is 2.80. The van der Waals surface area contributed by atoms with Crippen LogP contribution >= 0.6 is 0 Å². The van der Waals surface area contributed by atoms with Gasteiger partial charge in [-0.1, -0.05) is 0 Å². The summed E-state index contributed by atoms with van der Waals surface area (Å²) < 4.78 is 4.44. The van der Waals surface area contributed by atoms with Crippen LogP contribution in [-0.2, 0) is 9.53 Å². The van der Waals surface area contributed by atoms with E-state index in [-0.39, 0.29) is 5.92 Å². The summed E-state index contributed by atoms with van der Waals surface area (Å²) in [5.74, 6) is 0.107. The molecule has 4 N–H and O–H groups in total. The maximum absolute atomic E-state index is 9.64. The summed E-state index contributed by atoms with van der Waals surface area (Å²) in [4.78, 5) is 9.64. The second-order valence-electron chi connectivity index (χ2n) is 1.77. The van der Waals surface area contributed by atoms with E-state index in [1.54, 1.807) is 0 Å². The van der Waals surface area contributed by atoms with Crippen LogP contribution in [0.25, 0.3) is 0 Å². The molecule has 0 bridgehead atoms. The highest BCUT2D eigenvalue weighted by Crippen LogP contribution is 1.88. The predicted octanol–water partition coefficient (Wildman–Crippen LogP) is -1.31. The predicted molar refractivity (Wildman–Crippen MR) is 33.6 cm³/mol. The molecule has 0 aromatic rings. The SMILES string of the molecule is NCC(CN)COC=O. The molecular formula is C5H12N2O2.